The number of hydrogen-bond donors (Lipinski definition) is 1. The lowest BCUT2D eigenvalue weighted by Gasteiger charge is -2.37. The molecular formula is C21H22BrFN4O2S3. The lowest BCUT2D eigenvalue weighted by molar-refractivity contribution is 0.143. The zero-order valence-electron chi connectivity index (χ0n) is 17.3. The highest BCUT2D eigenvalue weighted by Crippen LogP contribution is 2.29. The van der Waals surface area contributed by atoms with Crippen molar-refractivity contribution in [3.05, 3.63) is 44.8 Å². The summed E-state index contributed by atoms with van der Waals surface area (Å²) < 4.78 is 21.4. The fourth-order valence-electron chi connectivity index (χ4n) is 3.75. The van der Waals surface area contributed by atoms with E-state index in [-0.39, 0.29) is 11.9 Å². The number of hydrogen-bond acceptors (Lipinski definition) is 6. The first kappa shape index (κ1) is 23.3. The number of ether oxygens (including phenoxy) is 1. The van der Waals surface area contributed by atoms with E-state index in [0.29, 0.717) is 42.5 Å². The lowest BCUT2D eigenvalue weighted by atomic mass is 10.2. The summed E-state index contributed by atoms with van der Waals surface area (Å²) in [5.41, 5.74) is 1.02. The predicted octanol–water partition coefficient (Wildman–Crippen LogP) is 4.41. The first-order valence-electron chi connectivity index (χ1n) is 10.1. The van der Waals surface area contributed by atoms with Gasteiger partial charge in [0.15, 0.2) is 0 Å². The molecule has 6 nitrogen and oxygen atoms in total. The lowest BCUT2D eigenvalue weighted by Crippen LogP contribution is -2.48. The summed E-state index contributed by atoms with van der Waals surface area (Å²) in [5, 5.41) is 3.00. The molecular weight excluding hydrogens is 535 g/mol. The van der Waals surface area contributed by atoms with Crippen LogP contribution >= 0.6 is 51.7 Å². The molecule has 2 fully saturated rings. The van der Waals surface area contributed by atoms with Gasteiger partial charge in [-0.05, 0) is 53.2 Å². The minimum absolute atomic E-state index is 0.330. The Morgan fingerprint density at radius 3 is 2.62 bits per heavy atom. The number of benzene rings is 1. The molecule has 2 aliphatic rings. The van der Waals surface area contributed by atoms with E-state index in [4.69, 9.17) is 29.2 Å². The average Bonchev–Trinajstić information content (AvgIpc) is 3.37. The van der Waals surface area contributed by atoms with E-state index < -0.39 is 6.09 Å². The fraction of sp³-hybridized carbons (Fsp3) is 0.381. The van der Waals surface area contributed by atoms with Crippen LogP contribution in [0.1, 0.15) is 11.8 Å². The highest BCUT2D eigenvalue weighted by atomic mass is 79.9. The van der Waals surface area contributed by atoms with Crippen LogP contribution in [0.2, 0.25) is 0 Å². The van der Waals surface area contributed by atoms with E-state index in [1.807, 2.05) is 17.0 Å². The van der Waals surface area contributed by atoms with Crippen molar-refractivity contribution in [3.63, 3.8) is 0 Å². The van der Waals surface area contributed by atoms with Gasteiger partial charge >= 0.3 is 6.09 Å². The number of amides is 1. The van der Waals surface area contributed by atoms with E-state index in [1.165, 1.54) is 11.0 Å². The molecule has 1 aromatic heterocycles. The summed E-state index contributed by atoms with van der Waals surface area (Å²) in [5.74, 6) is -0.357. The zero-order chi connectivity index (χ0) is 22.8. The number of nitrogens with zero attached hydrogens (tertiary/aromatic N) is 3. The maximum absolute atomic E-state index is 15.0. The largest absolute Gasteiger partial charge is 0.442 e. The Morgan fingerprint density at radius 1 is 1.25 bits per heavy atom. The highest BCUT2D eigenvalue weighted by Gasteiger charge is 2.33. The Balaban J connectivity index is 1.37. The average molecular weight is 558 g/mol. The zero-order valence-corrected chi connectivity index (χ0v) is 21.4. The number of anilines is 2. The van der Waals surface area contributed by atoms with Crippen molar-refractivity contribution in [2.24, 2.45) is 0 Å². The predicted molar refractivity (Wildman–Crippen MR) is 138 cm³/mol. The first-order chi connectivity index (χ1) is 15.3. The van der Waals surface area contributed by atoms with Gasteiger partial charge in [-0.1, -0.05) is 24.4 Å². The first-order valence-corrected chi connectivity index (χ1v) is 12.6. The van der Waals surface area contributed by atoms with Gasteiger partial charge in [-0.2, -0.15) is 0 Å². The van der Waals surface area contributed by atoms with Crippen LogP contribution in [-0.4, -0.2) is 66.3 Å². The molecule has 0 saturated carbocycles. The van der Waals surface area contributed by atoms with Crippen molar-refractivity contribution in [1.82, 2.24) is 10.2 Å². The van der Waals surface area contributed by atoms with Crippen LogP contribution in [0.4, 0.5) is 20.6 Å². The number of thiophene rings is 1. The minimum atomic E-state index is -0.478. The summed E-state index contributed by atoms with van der Waals surface area (Å²) >= 11 is 15.7. The van der Waals surface area contributed by atoms with Crippen LogP contribution < -0.4 is 15.1 Å². The third-order valence-electron chi connectivity index (χ3n) is 5.39. The molecule has 0 aliphatic carbocycles. The maximum atomic E-state index is 15.0. The second kappa shape index (κ2) is 9.98. The maximum Gasteiger partial charge on any atom is 0.414 e. The Bertz CT molecular complexity index is 1040. The van der Waals surface area contributed by atoms with Gasteiger partial charge < -0.3 is 19.9 Å². The van der Waals surface area contributed by atoms with Crippen molar-refractivity contribution in [3.8, 4) is 0 Å². The molecule has 4 rings (SSSR count). The van der Waals surface area contributed by atoms with Gasteiger partial charge in [0.25, 0.3) is 0 Å². The number of carbonyl (C=O) groups excluding carboxylic acids is 1. The number of rotatable bonds is 5. The van der Waals surface area contributed by atoms with E-state index in [1.54, 1.807) is 30.4 Å². The molecule has 1 atom stereocenters. The molecule has 2 saturated heterocycles. The van der Waals surface area contributed by atoms with Crippen LogP contribution in [0.3, 0.4) is 0 Å². The van der Waals surface area contributed by atoms with Gasteiger partial charge in [0, 0.05) is 26.2 Å². The monoisotopic (exact) mass is 556 g/mol. The Hall–Kier alpha value is -1.82. The molecule has 0 radical (unpaired) electrons. The Morgan fingerprint density at radius 2 is 2.00 bits per heavy atom. The summed E-state index contributed by atoms with van der Waals surface area (Å²) in [7, 11) is 0. The molecule has 32 heavy (non-hydrogen) atoms. The number of carbonyl (C=O) groups is 1. The smallest absolute Gasteiger partial charge is 0.414 e. The minimum Gasteiger partial charge on any atom is -0.442 e. The van der Waals surface area contributed by atoms with E-state index in [9.17, 15) is 9.18 Å². The number of piperazine rings is 1. The molecule has 11 heteroatoms. The standard InChI is InChI=1S/C21H22BrFN4O2S3/c1-13(30)24-11-15-12-27(21(28)29-15)14-2-3-17(16(23)10-14)25-6-8-26(9-7-25)20(31)18-4-5-19(22)32-18/h2-5,10,15H,6-9,11-12H2,1H3,(H,24,30). The molecule has 0 spiro atoms. The summed E-state index contributed by atoms with van der Waals surface area (Å²) in [6.45, 7) is 5.34. The number of nitrogens with one attached hydrogen (secondary N) is 1. The second-order valence-corrected chi connectivity index (χ2v) is 11.0. The molecule has 0 bridgehead atoms. The molecule has 1 amide bonds. The van der Waals surface area contributed by atoms with Gasteiger partial charge in [0.1, 0.15) is 16.9 Å². The van der Waals surface area contributed by atoms with Gasteiger partial charge in [0.2, 0.25) is 0 Å². The Labute approximate surface area is 209 Å². The molecule has 2 aliphatic heterocycles. The quantitative estimate of drug-likeness (QED) is 0.547. The third-order valence-corrected chi connectivity index (χ3v) is 7.77. The van der Waals surface area contributed by atoms with Gasteiger partial charge in [-0.25, -0.2) is 9.18 Å². The van der Waals surface area contributed by atoms with Crippen LogP contribution in [0.15, 0.2) is 34.1 Å². The van der Waals surface area contributed by atoms with Gasteiger partial charge in [-0.3, -0.25) is 4.90 Å². The normalized spacial score (nSPS) is 18.7. The Kier molecular flexibility index (Phi) is 7.28. The van der Waals surface area contributed by atoms with Crippen molar-refractivity contribution in [2.45, 2.75) is 13.0 Å². The van der Waals surface area contributed by atoms with Crippen LogP contribution in [0, 0.1) is 5.82 Å². The van der Waals surface area contributed by atoms with Gasteiger partial charge in [-0.15, -0.1) is 11.3 Å². The fourth-order valence-corrected chi connectivity index (χ4v) is 5.56. The molecule has 3 heterocycles. The number of cyclic esters (lactones) is 1. The van der Waals surface area contributed by atoms with Gasteiger partial charge in [0.05, 0.1) is 38.1 Å². The molecule has 1 unspecified atom stereocenters. The summed E-state index contributed by atoms with van der Waals surface area (Å²) in [6.07, 6.45) is -0.808. The second-order valence-electron chi connectivity index (χ2n) is 7.57. The molecule has 170 valence electrons. The van der Waals surface area contributed by atoms with Crippen molar-refractivity contribution in [1.29, 1.82) is 0 Å². The molecule has 1 N–H and O–H groups in total. The van der Waals surface area contributed by atoms with Crippen molar-refractivity contribution in [2.75, 3.05) is 49.1 Å². The van der Waals surface area contributed by atoms with E-state index >= 15 is 0 Å². The van der Waals surface area contributed by atoms with Crippen LogP contribution in [0.5, 0.6) is 0 Å². The third kappa shape index (κ3) is 5.22. The highest BCUT2D eigenvalue weighted by molar-refractivity contribution is 9.11. The number of thiocarbonyl (C=S) groups is 2. The van der Waals surface area contributed by atoms with Crippen molar-refractivity contribution < 1.29 is 13.9 Å². The summed E-state index contributed by atoms with van der Waals surface area (Å²) in [4.78, 5) is 20.4. The van der Waals surface area contributed by atoms with Crippen LogP contribution in [-0.2, 0) is 4.74 Å². The number of halogens is 2. The topological polar surface area (TPSA) is 48.0 Å². The van der Waals surface area contributed by atoms with Crippen LogP contribution in [0.25, 0.3) is 0 Å². The van der Waals surface area contributed by atoms with E-state index in [0.717, 1.165) is 26.7 Å². The van der Waals surface area contributed by atoms with E-state index in [2.05, 4.69) is 26.1 Å². The summed E-state index contributed by atoms with van der Waals surface area (Å²) in [6, 6.07) is 8.90. The van der Waals surface area contributed by atoms with Crippen molar-refractivity contribution >= 4 is 79.1 Å². The SMILES string of the molecule is CC(=S)NCC1CN(c2ccc(N3CCN(C(=S)c4ccc(Br)s4)CC3)c(F)c2)C(=O)O1. The molecule has 1 aromatic carbocycles. The molecule has 2 aromatic rings.